The lowest BCUT2D eigenvalue weighted by Gasteiger charge is -2.20. The Morgan fingerprint density at radius 3 is 2.41 bits per heavy atom. The van der Waals surface area contributed by atoms with Crippen LogP contribution in [0.25, 0.3) is 16.0 Å². The zero-order valence-corrected chi connectivity index (χ0v) is 18.6. The Balaban J connectivity index is 1.72. The van der Waals surface area contributed by atoms with E-state index in [0.717, 1.165) is 21.3 Å². The Bertz CT molecular complexity index is 1410. The first-order valence-electron chi connectivity index (χ1n) is 10.1. The first-order valence-corrected chi connectivity index (χ1v) is 11.0. The van der Waals surface area contributed by atoms with E-state index in [9.17, 15) is 14.7 Å². The van der Waals surface area contributed by atoms with Crippen LogP contribution in [0.1, 0.15) is 34.3 Å². The zero-order chi connectivity index (χ0) is 22.6. The molecular formula is C25H20N2O4S. The van der Waals surface area contributed by atoms with Crippen molar-refractivity contribution in [2.45, 2.75) is 26.8 Å². The maximum absolute atomic E-state index is 13.2. The summed E-state index contributed by atoms with van der Waals surface area (Å²) in [7, 11) is 0. The van der Waals surface area contributed by atoms with Gasteiger partial charge in [0.15, 0.2) is 5.13 Å². The summed E-state index contributed by atoms with van der Waals surface area (Å²) < 4.78 is 6.74. The van der Waals surface area contributed by atoms with Crippen molar-refractivity contribution in [3.05, 3.63) is 88.4 Å². The number of Topliss-reactive ketones (excluding diaryl/α,β-unsaturated/α-hetero) is 1. The molecular weight excluding hydrogens is 424 g/mol. The van der Waals surface area contributed by atoms with Gasteiger partial charge < -0.3 is 9.52 Å². The van der Waals surface area contributed by atoms with Crippen LogP contribution in [0.15, 0.2) is 64.6 Å². The van der Waals surface area contributed by atoms with Crippen molar-refractivity contribution >= 4 is 44.1 Å². The van der Waals surface area contributed by atoms with Gasteiger partial charge in [0.2, 0.25) is 0 Å². The Kier molecular flexibility index (Phi) is 4.71. The van der Waals surface area contributed by atoms with Gasteiger partial charge in [0.1, 0.15) is 23.3 Å². The molecule has 1 N–H and O–H groups in total. The topological polar surface area (TPSA) is 83.6 Å². The fourth-order valence-electron chi connectivity index (χ4n) is 3.89. The number of anilines is 1. The highest BCUT2D eigenvalue weighted by atomic mass is 32.1. The van der Waals surface area contributed by atoms with Crippen molar-refractivity contribution in [2.75, 3.05) is 4.90 Å². The van der Waals surface area contributed by atoms with Crippen molar-refractivity contribution in [2.24, 2.45) is 0 Å². The average molecular weight is 445 g/mol. The second kappa shape index (κ2) is 7.46. The standard InChI is InChI=1S/C25H20N2O4S/c1-13-4-8-16(9-5-13)22(28)20-21(18-11-7-15(3)31-18)27(24(30)23(20)29)25-26-17-10-6-14(2)12-19(17)32-25/h4-12,21,28H,1-3H3/b22-20+. The third-order valence-electron chi connectivity index (χ3n) is 5.54. The summed E-state index contributed by atoms with van der Waals surface area (Å²) in [6.07, 6.45) is 0. The third-order valence-corrected chi connectivity index (χ3v) is 6.56. The van der Waals surface area contributed by atoms with Crippen LogP contribution < -0.4 is 4.90 Å². The summed E-state index contributed by atoms with van der Waals surface area (Å²) >= 11 is 1.33. The number of hydrogen-bond donors (Lipinski definition) is 1. The molecule has 0 bridgehead atoms. The normalized spacial score (nSPS) is 18.1. The van der Waals surface area contributed by atoms with E-state index in [4.69, 9.17) is 4.42 Å². The van der Waals surface area contributed by atoms with E-state index in [1.54, 1.807) is 31.2 Å². The molecule has 160 valence electrons. The Hall–Kier alpha value is -3.71. The van der Waals surface area contributed by atoms with Gasteiger partial charge in [-0.1, -0.05) is 47.2 Å². The van der Waals surface area contributed by atoms with Crippen LogP contribution in [0.2, 0.25) is 0 Å². The van der Waals surface area contributed by atoms with Gasteiger partial charge in [-0.15, -0.1) is 0 Å². The lowest BCUT2D eigenvalue weighted by atomic mass is 9.99. The number of thiazole rings is 1. The number of aromatic nitrogens is 1. The van der Waals surface area contributed by atoms with Gasteiger partial charge in [0.05, 0.1) is 15.8 Å². The number of nitrogens with zero attached hydrogens (tertiary/aromatic N) is 2. The van der Waals surface area contributed by atoms with E-state index < -0.39 is 17.7 Å². The quantitative estimate of drug-likeness (QED) is 0.258. The Morgan fingerprint density at radius 1 is 1.00 bits per heavy atom. The van der Waals surface area contributed by atoms with E-state index >= 15 is 0 Å². The minimum absolute atomic E-state index is 0.0105. The number of fused-ring (bicyclic) bond motifs is 1. The number of ketones is 1. The number of aliphatic hydroxyl groups excluding tert-OH is 1. The molecule has 1 aliphatic heterocycles. The molecule has 3 heterocycles. The molecule has 0 spiro atoms. The highest BCUT2D eigenvalue weighted by molar-refractivity contribution is 7.22. The summed E-state index contributed by atoms with van der Waals surface area (Å²) in [5.41, 5.74) is 3.29. The number of carbonyl (C=O) groups excluding carboxylic acids is 2. The van der Waals surface area contributed by atoms with Crippen LogP contribution >= 0.6 is 11.3 Å². The molecule has 1 aliphatic rings. The molecule has 1 amide bonds. The average Bonchev–Trinajstić information content (AvgIpc) is 3.44. The largest absolute Gasteiger partial charge is 0.507 e. The van der Waals surface area contributed by atoms with Crippen LogP contribution in [0.4, 0.5) is 5.13 Å². The van der Waals surface area contributed by atoms with Crippen LogP contribution in [-0.4, -0.2) is 21.8 Å². The predicted octanol–water partition coefficient (Wildman–Crippen LogP) is 5.44. The van der Waals surface area contributed by atoms with Crippen LogP contribution in [0.5, 0.6) is 0 Å². The van der Waals surface area contributed by atoms with Crippen molar-refractivity contribution in [1.29, 1.82) is 0 Å². The molecule has 5 rings (SSSR count). The second-order valence-electron chi connectivity index (χ2n) is 7.95. The molecule has 0 aliphatic carbocycles. The van der Waals surface area contributed by atoms with Crippen LogP contribution in [0, 0.1) is 20.8 Å². The lowest BCUT2D eigenvalue weighted by Crippen LogP contribution is -2.29. The molecule has 0 saturated carbocycles. The van der Waals surface area contributed by atoms with Crippen LogP contribution in [-0.2, 0) is 9.59 Å². The zero-order valence-electron chi connectivity index (χ0n) is 17.7. The molecule has 7 heteroatoms. The monoisotopic (exact) mass is 444 g/mol. The van der Waals surface area contributed by atoms with Crippen molar-refractivity contribution in [3.8, 4) is 0 Å². The fourth-order valence-corrected chi connectivity index (χ4v) is 4.98. The lowest BCUT2D eigenvalue weighted by molar-refractivity contribution is -0.132. The number of aryl methyl sites for hydroxylation is 3. The van der Waals surface area contributed by atoms with Crippen molar-refractivity contribution in [3.63, 3.8) is 0 Å². The summed E-state index contributed by atoms with van der Waals surface area (Å²) in [6.45, 7) is 5.71. The number of amides is 1. The molecule has 2 aromatic heterocycles. The first-order chi connectivity index (χ1) is 15.3. The van der Waals surface area contributed by atoms with Gasteiger partial charge in [0.25, 0.3) is 5.78 Å². The third kappa shape index (κ3) is 3.22. The SMILES string of the molecule is Cc1ccc(/C(O)=C2\C(=O)C(=O)N(c3nc4ccc(C)cc4s3)C2c2ccc(C)o2)cc1. The van der Waals surface area contributed by atoms with E-state index in [0.29, 0.717) is 22.2 Å². The second-order valence-corrected chi connectivity index (χ2v) is 8.96. The number of hydrogen-bond acceptors (Lipinski definition) is 6. The molecule has 1 unspecified atom stereocenters. The Morgan fingerprint density at radius 2 is 1.72 bits per heavy atom. The maximum atomic E-state index is 13.2. The number of aliphatic hydroxyl groups is 1. The van der Waals surface area contributed by atoms with E-state index in [1.807, 2.05) is 44.2 Å². The molecule has 2 aromatic carbocycles. The van der Waals surface area contributed by atoms with Crippen molar-refractivity contribution < 1.29 is 19.1 Å². The summed E-state index contributed by atoms with van der Waals surface area (Å²) in [6, 6.07) is 15.5. The van der Waals surface area contributed by atoms with E-state index in [-0.39, 0.29) is 11.3 Å². The highest BCUT2D eigenvalue weighted by Crippen LogP contribution is 2.44. The highest BCUT2D eigenvalue weighted by Gasteiger charge is 2.49. The number of carbonyl (C=O) groups is 2. The molecule has 4 aromatic rings. The summed E-state index contributed by atoms with van der Waals surface area (Å²) in [5.74, 6) is -0.709. The fraction of sp³-hybridized carbons (Fsp3) is 0.160. The van der Waals surface area contributed by atoms with Gasteiger partial charge >= 0.3 is 5.91 Å². The summed E-state index contributed by atoms with van der Waals surface area (Å²) in [4.78, 5) is 32.3. The number of furan rings is 1. The van der Waals surface area contributed by atoms with Crippen molar-refractivity contribution in [1.82, 2.24) is 4.98 Å². The molecule has 6 nitrogen and oxygen atoms in total. The van der Waals surface area contributed by atoms with Gasteiger partial charge in [-0.2, -0.15) is 0 Å². The van der Waals surface area contributed by atoms with Gasteiger partial charge in [0, 0.05) is 5.56 Å². The predicted molar refractivity (Wildman–Crippen MR) is 124 cm³/mol. The molecule has 0 radical (unpaired) electrons. The van der Waals surface area contributed by atoms with Crippen LogP contribution in [0.3, 0.4) is 0 Å². The molecule has 32 heavy (non-hydrogen) atoms. The van der Waals surface area contributed by atoms with Gasteiger partial charge in [-0.05, 0) is 50.6 Å². The van der Waals surface area contributed by atoms with Gasteiger partial charge in [-0.3, -0.25) is 14.5 Å². The minimum atomic E-state index is -0.910. The number of benzene rings is 2. The maximum Gasteiger partial charge on any atom is 0.302 e. The van der Waals surface area contributed by atoms with Gasteiger partial charge in [-0.25, -0.2) is 4.98 Å². The van der Waals surface area contributed by atoms with E-state index in [2.05, 4.69) is 4.98 Å². The molecule has 1 fully saturated rings. The minimum Gasteiger partial charge on any atom is -0.507 e. The number of rotatable bonds is 3. The molecule has 1 saturated heterocycles. The van der Waals surface area contributed by atoms with E-state index in [1.165, 1.54) is 16.2 Å². The summed E-state index contributed by atoms with van der Waals surface area (Å²) in [5, 5.41) is 11.5. The molecule has 1 atom stereocenters. The first kappa shape index (κ1) is 20.2. The smallest absolute Gasteiger partial charge is 0.302 e. The Labute approximate surface area is 188 Å².